The second-order valence-corrected chi connectivity index (χ2v) is 7.17. The van der Waals surface area contributed by atoms with Crippen molar-refractivity contribution in [2.24, 2.45) is 0 Å². The van der Waals surface area contributed by atoms with Crippen LogP contribution in [0.3, 0.4) is 0 Å². The monoisotopic (exact) mass is 396 g/mol. The highest BCUT2D eigenvalue weighted by atomic mass is 16.5. The third-order valence-electron chi connectivity index (χ3n) is 5.10. The molecule has 1 aliphatic rings. The van der Waals surface area contributed by atoms with Crippen molar-refractivity contribution in [3.8, 4) is 0 Å². The number of amides is 2. The molecule has 1 heterocycles. The topological polar surface area (TPSA) is 59.1 Å². The third kappa shape index (κ3) is 5.43. The summed E-state index contributed by atoms with van der Waals surface area (Å²) in [6.45, 7) is 4.73. The first-order valence-corrected chi connectivity index (χ1v) is 9.90. The number of aryl methyl sites for hydroxylation is 1. The Hall–Kier alpha value is -2.70. The number of morpholine rings is 1. The minimum absolute atomic E-state index is 0.00854. The lowest BCUT2D eigenvalue weighted by Crippen LogP contribution is -2.51. The highest BCUT2D eigenvalue weighted by Crippen LogP contribution is 2.15. The van der Waals surface area contributed by atoms with E-state index in [9.17, 15) is 9.59 Å². The van der Waals surface area contributed by atoms with E-state index in [4.69, 9.17) is 9.47 Å². The summed E-state index contributed by atoms with van der Waals surface area (Å²) in [6, 6.07) is 16.8. The van der Waals surface area contributed by atoms with Crippen LogP contribution >= 0.6 is 0 Å². The number of rotatable bonds is 7. The predicted molar refractivity (Wildman–Crippen MR) is 111 cm³/mol. The molecule has 0 aromatic heterocycles. The Balaban J connectivity index is 1.68. The average Bonchev–Trinajstić information content (AvgIpc) is 2.77. The van der Waals surface area contributed by atoms with Crippen LogP contribution < -0.4 is 0 Å². The van der Waals surface area contributed by atoms with Crippen molar-refractivity contribution in [3.05, 3.63) is 71.3 Å². The normalized spacial score (nSPS) is 16.5. The summed E-state index contributed by atoms with van der Waals surface area (Å²) in [5, 5.41) is 0. The average molecular weight is 396 g/mol. The summed E-state index contributed by atoms with van der Waals surface area (Å²) in [4.78, 5) is 29.4. The van der Waals surface area contributed by atoms with E-state index >= 15 is 0 Å². The van der Waals surface area contributed by atoms with Crippen LogP contribution in [-0.4, -0.2) is 74.2 Å². The number of carbonyl (C=O) groups is 2. The minimum Gasteiger partial charge on any atom is -0.383 e. The van der Waals surface area contributed by atoms with Crippen LogP contribution in [0.25, 0.3) is 0 Å². The van der Waals surface area contributed by atoms with Crippen LogP contribution in [0.15, 0.2) is 54.6 Å². The molecule has 29 heavy (non-hydrogen) atoms. The van der Waals surface area contributed by atoms with Gasteiger partial charge in [-0.1, -0.05) is 36.4 Å². The van der Waals surface area contributed by atoms with Crippen LogP contribution in [0, 0.1) is 6.92 Å². The molecule has 1 aliphatic heterocycles. The fourth-order valence-corrected chi connectivity index (χ4v) is 3.48. The van der Waals surface area contributed by atoms with Gasteiger partial charge in [0.05, 0.1) is 19.3 Å². The van der Waals surface area contributed by atoms with Gasteiger partial charge in [0.15, 0.2) is 0 Å². The van der Waals surface area contributed by atoms with Crippen molar-refractivity contribution in [2.75, 3.05) is 46.5 Å². The van der Waals surface area contributed by atoms with Crippen molar-refractivity contribution in [3.63, 3.8) is 0 Å². The van der Waals surface area contributed by atoms with E-state index in [1.54, 1.807) is 24.1 Å². The lowest BCUT2D eigenvalue weighted by Gasteiger charge is -2.36. The summed E-state index contributed by atoms with van der Waals surface area (Å²) in [6.07, 6.45) is -0.235. The van der Waals surface area contributed by atoms with Crippen LogP contribution in [0.1, 0.15) is 26.3 Å². The van der Waals surface area contributed by atoms with Gasteiger partial charge in [-0.2, -0.15) is 0 Å². The molecule has 2 aromatic rings. The van der Waals surface area contributed by atoms with Gasteiger partial charge in [0.2, 0.25) is 0 Å². The molecule has 6 heteroatoms. The van der Waals surface area contributed by atoms with E-state index in [1.165, 1.54) is 0 Å². The number of ether oxygens (including phenoxy) is 2. The maximum absolute atomic E-state index is 12.9. The zero-order valence-electron chi connectivity index (χ0n) is 17.0. The van der Waals surface area contributed by atoms with E-state index in [2.05, 4.69) is 0 Å². The number of carbonyl (C=O) groups excluding carboxylic acids is 2. The second-order valence-electron chi connectivity index (χ2n) is 7.17. The highest BCUT2D eigenvalue weighted by Gasteiger charge is 2.28. The zero-order valence-corrected chi connectivity index (χ0v) is 17.0. The maximum Gasteiger partial charge on any atom is 0.254 e. The molecule has 0 aliphatic carbocycles. The second kappa shape index (κ2) is 10.2. The van der Waals surface area contributed by atoms with Gasteiger partial charge >= 0.3 is 0 Å². The number of benzene rings is 2. The predicted octanol–water partition coefficient (Wildman–Crippen LogP) is 2.62. The first-order chi connectivity index (χ1) is 14.1. The van der Waals surface area contributed by atoms with Gasteiger partial charge in [-0.15, -0.1) is 0 Å². The SMILES string of the molecule is COCCN(CC1CN(C(=O)c2ccccc2C)CCO1)C(=O)c1ccccc1. The zero-order chi connectivity index (χ0) is 20.6. The molecule has 0 bridgehead atoms. The van der Waals surface area contributed by atoms with Crippen molar-refractivity contribution in [2.45, 2.75) is 13.0 Å². The molecule has 6 nitrogen and oxygen atoms in total. The van der Waals surface area contributed by atoms with Crippen LogP contribution in [0.5, 0.6) is 0 Å². The van der Waals surface area contributed by atoms with Gasteiger partial charge in [0.25, 0.3) is 11.8 Å². The molecule has 1 unspecified atom stereocenters. The minimum atomic E-state index is -0.235. The van der Waals surface area contributed by atoms with Crippen LogP contribution in [0.4, 0.5) is 0 Å². The van der Waals surface area contributed by atoms with Gasteiger partial charge < -0.3 is 19.3 Å². The van der Waals surface area contributed by atoms with E-state index < -0.39 is 0 Å². The lowest BCUT2D eigenvalue weighted by atomic mass is 10.1. The molecule has 2 aromatic carbocycles. The smallest absolute Gasteiger partial charge is 0.254 e. The molecule has 2 amide bonds. The van der Waals surface area contributed by atoms with Crippen molar-refractivity contribution in [1.29, 1.82) is 0 Å². The quantitative estimate of drug-likeness (QED) is 0.722. The highest BCUT2D eigenvalue weighted by molar-refractivity contribution is 5.96. The number of methoxy groups -OCH3 is 1. The van der Waals surface area contributed by atoms with E-state index in [1.807, 2.05) is 54.3 Å². The van der Waals surface area contributed by atoms with Gasteiger partial charge in [0.1, 0.15) is 0 Å². The van der Waals surface area contributed by atoms with Crippen LogP contribution in [0.2, 0.25) is 0 Å². The molecule has 0 N–H and O–H groups in total. The van der Waals surface area contributed by atoms with Crippen molar-refractivity contribution >= 4 is 11.8 Å². The first kappa shape index (κ1) is 21.0. The Kier molecular flexibility index (Phi) is 7.38. The molecule has 154 valence electrons. The molecule has 0 radical (unpaired) electrons. The third-order valence-corrected chi connectivity index (χ3v) is 5.10. The summed E-state index contributed by atoms with van der Waals surface area (Å²) < 4.78 is 11.1. The van der Waals surface area contributed by atoms with Gasteiger partial charge in [-0.3, -0.25) is 9.59 Å². The number of hydrogen-bond donors (Lipinski definition) is 0. The molecule has 3 rings (SSSR count). The lowest BCUT2D eigenvalue weighted by molar-refractivity contribution is -0.0347. The molecular formula is C23H28N2O4. The Bertz CT molecular complexity index is 825. The molecule has 1 fully saturated rings. The summed E-state index contributed by atoms with van der Waals surface area (Å²) in [7, 11) is 1.62. The fourth-order valence-electron chi connectivity index (χ4n) is 3.48. The molecular weight excluding hydrogens is 368 g/mol. The molecule has 1 atom stereocenters. The summed E-state index contributed by atoms with van der Waals surface area (Å²) in [5.41, 5.74) is 2.30. The number of nitrogens with zero attached hydrogens (tertiary/aromatic N) is 2. The Labute approximate surface area is 172 Å². The summed E-state index contributed by atoms with van der Waals surface area (Å²) in [5.74, 6) is -0.0529. The van der Waals surface area contributed by atoms with Crippen molar-refractivity contribution < 1.29 is 19.1 Å². The first-order valence-electron chi connectivity index (χ1n) is 9.90. The number of hydrogen-bond acceptors (Lipinski definition) is 4. The molecule has 0 saturated carbocycles. The standard InChI is InChI=1S/C23H28N2O4/c1-18-8-6-7-11-21(18)23(27)25-13-15-29-20(17-25)16-24(12-14-28-2)22(26)19-9-4-3-5-10-19/h3-11,20H,12-17H2,1-2H3. The van der Waals surface area contributed by atoms with Crippen LogP contribution in [-0.2, 0) is 9.47 Å². The Morgan fingerprint density at radius 1 is 1.14 bits per heavy atom. The van der Waals surface area contributed by atoms with Gasteiger partial charge in [-0.25, -0.2) is 0 Å². The fraction of sp³-hybridized carbons (Fsp3) is 0.391. The van der Waals surface area contributed by atoms with E-state index in [0.29, 0.717) is 50.5 Å². The molecule has 0 spiro atoms. The maximum atomic E-state index is 12.9. The Morgan fingerprint density at radius 2 is 1.86 bits per heavy atom. The molecule has 1 saturated heterocycles. The van der Waals surface area contributed by atoms with E-state index in [0.717, 1.165) is 5.56 Å². The van der Waals surface area contributed by atoms with Gasteiger partial charge in [-0.05, 0) is 30.7 Å². The summed E-state index contributed by atoms with van der Waals surface area (Å²) >= 11 is 0. The largest absolute Gasteiger partial charge is 0.383 e. The Morgan fingerprint density at radius 3 is 2.59 bits per heavy atom. The van der Waals surface area contributed by atoms with Gasteiger partial charge in [0, 0.05) is 44.4 Å². The van der Waals surface area contributed by atoms with E-state index in [-0.39, 0.29) is 17.9 Å². The van der Waals surface area contributed by atoms with Crippen molar-refractivity contribution in [1.82, 2.24) is 9.80 Å².